The summed E-state index contributed by atoms with van der Waals surface area (Å²) in [6, 6.07) is 8.38. The van der Waals surface area contributed by atoms with Gasteiger partial charge in [-0.05, 0) is 49.9 Å². The number of hydrogen-bond acceptors (Lipinski definition) is 2. The number of unbranched alkanes of at least 4 members (excludes halogenated alkanes) is 9. The number of amides is 1. The minimum atomic E-state index is -0.0127. The molecule has 1 aliphatic heterocycles. The zero-order valence-electron chi connectivity index (χ0n) is 16.7. The van der Waals surface area contributed by atoms with E-state index in [0.29, 0.717) is 0 Å². The van der Waals surface area contributed by atoms with E-state index >= 15 is 0 Å². The predicted molar refractivity (Wildman–Crippen MR) is 112 cm³/mol. The van der Waals surface area contributed by atoms with Gasteiger partial charge in [0, 0.05) is 5.69 Å². The van der Waals surface area contributed by atoms with Crippen LogP contribution in [-0.4, -0.2) is 18.5 Å². The number of hydrogen-bond donors (Lipinski definition) is 2. The Balaban J connectivity index is 1.51. The summed E-state index contributed by atoms with van der Waals surface area (Å²) in [5, 5.41) is 6.26. The van der Waals surface area contributed by atoms with Gasteiger partial charge in [-0.15, -0.1) is 0 Å². The molecule has 146 valence electrons. The minimum Gasteiger partial charge on any atom is -0.325 e. The largest absolute Gasteiger partial charge is 0.325 e. The SMILES string of the molecule is CCCCCCCCCCCCc1ccc(NC(=O)[C@@H]2CCCN2)cc1. The van der Waals surface area contributed by atoms with Crippen molar-refractivity contribution < 1.29 is 4.79 Å². The van der Waals surface area contributed by atoms with E-state index in [1.54, 1.807) is 0 Å². The highest BCUT2D eigenvalue weighted by molar-refractivity contribution is 5.95. The van der Waals surface area contributed by atoms with Gasteiger partial charge in [-0.1, -0.05) is 76.8 Å². The van der Waals surface area contributed by atoms with E-state index in [2.05, 4.69) is 29.7 Å². The summed E-state index contributed by atoms with van der Waals surface area (Å²) < 4.78 is 0. The van der Waals surface area contributed by atoms with E-state index in [1.165, 1.54) is 69.8 Å². The molecule has 3 nitrogen and oxygen atoms in total. The first-order valence-corrected chi connectivity index (χ1v) is 10.9. The Labute approximate surface area is 160 Å². The molecule has 1 aromatic rings. The number of anilines is 1. The van der Waals surface area contributed by atoms with Crippen molar-refractivity contribution >= 4 is 11.6 Å². The molecular weight excluding hydrogens is 320 g/mol. The molecule has 3 heteroatoms. The second-order valence-corrected chi connectivity index (χ2v) is 7.77. The molecule has 1 aromatic carbocycles. The summed E-state index contributed by atoms with van der Waals surface area (Å²) in [4.78, 5) is 12.1. The standard InChI is InChI=1S/C23H38N2O/c1-2-3-4-5-6-7-8-9-10-11-13-20-15-17-21(18-16-20)25-23(26)22-14-12-19-24-22/h15-18,22,24H,2-14,19H2,1H3,(H,25,26)/t22-/m0/s1. The summed E-state index contributed by atoms with van der Waals surface area (Å²) in [6.07, 6.45) is 17.0. The number of nitrogens with one attached hydrogen (secondary N) is 2. The van der Waals surface area contributed by atoms with Gasteiger partial charge in [-0.3, -0.25) is 4.79 Å². The Morgan fingerprint density at radius 3 is 2.15 bits per heavy atom. The number of carbonyl (C=O) groups excluding carboxylic acids is 1. The fraction of sp³-hybridized carbons (Fsp3) is 0.696. The Morgan fingerprint density at radius 1 is 0.962 bits per heavy atom. The predicted octanol–water partition coefficient (Wildman–Crippen LogP) is 5.84. The van der Waals surface area contributed by atoms with Crippen molar-refractivity contribution in [3.8, 4) is 0 Å². The summed E-state index contributed by atoms with van der Waals surface area (Å²) >= 11 is 0. The fourth-order valence-electron chi connectivity index (χ4n) is 3.71. The smallest absolute Gasteiger partial charge is 0.241 e. The first-order chi connectivity index (χ1) is 12.8. The van der Waals surface area contributed by atoms with Crippen LogP contribution in [0.15, 0.2) is 24.3 Å². The first kappa shape index (κ1) is 21.0. The number of aryl methyl sites for hydroxylation is 1. The molecule has 0 aromatic heterocycles. The molecule has 1 heterocycles. The molecule has 1 aliphatic rings. The third kappa shape index (κ3) is 8.35. The molecule has 1 fully saturated rings. The van der Waals surface area contributed by atoms with Crippen molar-refractivity contribution in [2.45, 2.75) is 96.4 Å². The fourth-order valence-corrected chi connectivity index (χ4v) is 3.71. The second kappa shape index (κ2) is 12.9. The van der Waals surface area contributed by atoms with E-state index in [4.69, 9.17) is 0 Å². The lowest BCUT2D eigenvalue weighted by molar-refractivity contribution is -0.117. The molecule has 1 amide bonds. The maximum atomic E-state index is 12.1. The Bertz CT molecular complexity index is 491. The lowest BCUT2D eigenvalue weighted by atomic mass is 10.0. The van der Waals surface area contributed by atoms with Crippen molar-refractivity contribution in [3.05, 3.63) is 29.8 Å². The van der Waals surface area contributed by atoms with Crippen LogP contribution < -0.4 is 10.6 Å². The van der Waals surface area contributed by atoms with E-state index in [9.17, 15) is 4.79 Å². The molecule has 1 atom stereocenters. The van der Waals surface area contributed by atoms with Gasteiger partial charge in [0.2, 0.25) is 5.91 Å². The van der Waals surface area contributed by atoms with Gasteiger partial charge < -0.3 is 10.6 Å². The minimum absolute atomic E-state index is 0.0127. The molecular formula is C23H38N2O. The van der Waals surface area contributed by atoms with E-state index in [1.807, 2.05) is 12.1 Å². The molecule has 0 unspecified atom stereocenters. The average Bonchev–Trinajstić information content (AvgIpc) is 3.19. The maximum Gasteiger partial charge on any atom is 0.241 e. The monoisotopic (exact) mass is 358 g/mol. The summed E-state index contributed by atoms with van der Waals surface area (Å²) in [5.74, 6) is 0.102. The lowest BCUT2D eigenvalue weighted by Gasteiger charge is -2.11. The molecule has 2 N–H and O–H groups in total. The normalized spacial score (nSPS) is 16.7. The van der Waals surface area contributed by atoms with Crippen LogP contribution in [0.3, 0.4) is 0 Å². The number of benzene rings is 1. The van der Waals surface area contributed by atoms with Crippen molar-refractivity contribution in [2.75, 3.05) is 11.9 Å². The molecule has 0 radical (unpaired) electrons. The van der Waals surface area contributed by atoms with Gasteiger partial charge in [0.25, 0.3) is 0 Å². The molecule has 1 saturated heterocycles. The zero-order chi connectivity index (χ0) is 18.5. The van der Waals surface area contributed by atoms with Crippen molar-refractivity contribution in [1.29, 1.82) is 0 Å². The van der Waals surface area contributed by atoms with Crippen molar-refractivity contribution in [1.82, 2.24) is 5.32 Å². The quantitative estimate of drug-likeness (QED) is 0.435. The molecule has 26 heavy (non-hydrogen) atoms. The summed E-state index contributed by atoms with van der Waals surface area (Å²) in [6.45, 7) is 3.23. The molecule has 0 spiro atoms. The lowest BCUT2D eigenvalue weighted by Crippen LogP contribution is -2.35. The van der Waals surface area contributed by atoms with Crippen LogP contribution in [0.4, 0.5) is 5.69 Å². The van der Waals surface area contributed by atoms with Crippen LogP contribution in [-0.2, 0) is 11.2 Å². The molecule has 0 aliphatic carbocycles. The second-order valence-electron chi connectivity index (χ2n) is 7.77. The summed E-state index contributed by atoms with van der Waals surface area (Å²) in [7, 11) is 0. The van der Waals surface area contributed by atoms with Gasteiger partial charge in [-0.2, -0.15) is 0 Å². The number of rotatable bonds is 13. The highest BCUT2D eigenvalue weighted by atomic mass is 16.2. The number of carbonyl (C=O) groups is 1. The van der Waals surface area contributed by atoms with E-state index < -0.39 is 0 Å². The van der Waals surface area contributed by atoms with Crippen LogP contribution in [0, 0.1) is 0 Å². The first-order valence-electron chi connectivity index (χ1n) is 10.9. The average molecular weight is 359 g/mol. The molecule has 0 bridgehead atoms. The van der Waals surface area contributed by atoms with Crippen molar-refractivity contribution in [2.24, 2.45) is 0 Å². The topological polar surface area (TPSA) is 41.1 Å². The molecule has 2 rings (SSSR count). The zero-order valence-corrected chi connectivity index (χ0v) is 16.7. The Morgan fingerprint density at radius 2 is 1.58 bits per heavy atom. The van der Waals surface area contributed by atoms with Gasteiger partial charge in [0.1, 0.15) is 0 Å². The highest BCUT2D eigenvalue weighted by Crippen LogP contribution is 2.15. The summed E-state index contributed by atoms with van der Waals surface area (Å²) in [5.41, 5.74) is 2.29. The van der Waals surface area contributed by atoms with Gasteiger partial charge >= 0.3 is 0 Å². The van der Waals surface area contributed by atoms with Crippen LogP contribution in [0.2, 0.25) is 0 Å². The van der Waals surface area contributed by atoms with Gasteiger partial charge in [-0.25, -0.2) is 0 Å². The third-order valence-electron chi connectivity index (χ3n) is 5.42. The maximum absolute atomic E-state index is 12.1. The van der Waals surface area contributed by atoms with Crippen LogP contribution in [0.1, 0.15) is 89.5 Å². The molecule has 0 saturated carbocycles. The Hall–Kier alpha value is -1.35. The van der Waals surface area contributed by atoms with Crippen LogP contribution in [0.25, 0.3) is 0 Å². The third-order valence-corrected chi connectivity index (χ3v) is 5.42. The van der Waals surface area contributed by atoms with Crippen molar-refractivity contribution in [3.63, 3.8) is 0 Å². The van der Waals surface area contributed by atoms with E-state index in [-0.39, 0.29) is 11.9 Å². The van der Waals surface area contributed by atoms with Gasteiger partial charge in [0.15, 0.2) is 0 Å². The van der Waals surface area contributed by atoms with Crippen LogP contribution in [0.5, 0.6) is 0 Å². The van der Waals surface area contributed by atoms with Crippen LogP contribution >= 0.6 is 0 Å². The van der Waals surface area contributed by atoms with Gasteiger partial charge in [0.05, 0.1) is 6.04 Å². The highest BCUT2D eigenvalue weighted by Gasteiger charge is 2.21. The Kier molecular flexibility index (Phi) is 10.4. The van der Waals surface area contributed by atoms with E-state index in [0.717, 1.165) is 31.5 Å².